The van der Waals surface area contributed by atoms with E-state index >= 15 is 0 Å². The van der Waals surface area contributed by atoms with Crippen LogP contribution in [0.5, 0.6) is 0 Å². The lowest BCUT2D eigenvalue weighted by atomic mass is 10.1. The molecule has 0 N–H and O–H groups in total. The molecule has 0 heteroatoms. The Balaban J connectivity index is 2.97. The highest BCUT2D eigenvalue weighted by Crippen LogP contribution is 2.05. The highest BCUT2D eigenvalue weighted by molar-refractivity contribution is 4.84. The molecule has 0 heterocycles. The molecule has 0 bridgehead atoms. The SMILES string of the molecule is C=CCC/C=C\CCCCCCC. The van der Waals surface area contributed by atoms with Crippen molar-refractivity contribution in [1.29, 1.82) is 0 Å². The topological polar surface area (TPSA) is 0 Å². The van der Waals surface area contributed by atoms with Crippen LogP contribution in [0.4, 0.5) is 0 Å². The molecule has 0 saturated carbocycles. The lowest BCUT2D eigenvalue weighted by molar-refractivity contribution is 0.637. The van der Waals surface area contributed by atoms with Crippen molar-refractivity contribution >= 4 is 0 Å². The molecule has 0 amide bonds. The average molecular weight is 180 g/mol. The molecule has 0 aliphatic heterocycles. The van der Waals surface area contributed by atoms with Gasteiger partial charge in [0.1, 0.15) is 0 Å². The maximum Gasteiger partial charge on any atom is -0.0316 e. The van der Waals surface area contributed by atoms with Gasteiger partial charge < -0.3 is 0 Å². The fourth-order valence-electron chi connectivity index (χ4n) is 1.32. The standard InChI is InChI=1S/C13H24/c1-3-5-7-9-11-13-12-10-8-6-4-2/h3,9,11H,1,4-8,10,12-13H2,2H3/b11-9-. The van der Waals surface area contributed by atoms with Crippen LogP contribution < -0.4 is 0 Å². The van der Waals surface area contributed by atoms with Crippen molar-refractivity contribution in [3.05, 3.63) is 24.8 Å². The molecule has 0 nitrogen and oxygen atoms in total. The Hall–Kier alpha value is -0.520. The van der Waals surface area contributed by atoms with Gasteiger partial charge in [0.15, 0.2) is 0 Å². The van der Waals surface area contributed by atoms with Gasteiger partial charge in [-0.2, -0.15) is 0 Å². The van der Waals surface area contributed by atoms with E-state index in [-0.39, 0.29) is 0 Å². The Morgan fingerprint density at radius 3 is 2.23 bits per heavy atom. The van der Waals surface area contributed by atoms with Crippen LogP contribution in [0.2, 0.25) is 0 Å². The third kappa shape index (κ3) is 11.5. The molecule has 13 heavy (non-hydrogen) atoms. The highest BCUT2D eigenvalue weighted by atomic mass is 13.9. The summed E-state index contributed by atoms with van der Waals surface area (Å²) in [6, 6.07) is 0. The predicted molar refractivity (Wildman–Crippen MR) is 61.9 cm³/mol. The van der Waals surface area contributed by atoms with Crippen molar-refractivity contribution in [3.8, 4) is 0 Å². The van der Waals surface area contributed by atoms with Gasteiger partial charge in [-0.3, -0.25) is 0 Å². The van der Waals surface area contributed by atoms with E-state index in [1.807, 2.05) is 6.08 Å². The Bertz CT molecular complexity index is 122. The molecule has 0 aromatic heterocycles. The minimum atomic E-state index is 1.12. The lowest BCUT2D eigenvalue weighted by Gasteiger charge is -1.95. The second kappa shape index (κ2) is 11.5. The quantitative estimate of drug-likeness (QED) is 0.351. The zero-order valence-corrected chi connectivity index (χ0v) is 9.10. The summed E-state index contributed by atoms with van der Waals surface area (Å²) in [6.07, 6.45) is 17.0. The number of hydrogen-bond donors (Lipinski definition) is 0. The molecule has 0 rings (SSSR count). The second-order valence-corrected chi connectivity index (χ2v) is 3.54. The Morgan fingerprint density at radius 2 is 1.54 bits per heavy atom. The third-order valence-electron chi connectivity index (χ3n) is 2.18. The zero-order valence-electron chi connectivity index (χ0n) is 9.10. The minimum absolute atomic E-state index is 1.12. The lowest BCUT2D eigenvalue weighted by Crippen LogP contribution is -1.75. The fraction of sp³-hybridized carbons (Fsp3) is 0.692. The first-order valence-electron chi connectivity index (χ1n) is 5.67. The maximum absolute atomic E-state index is 3.69. The van der Waals surface area contributed by atoms with E-state index in [2.05, 4.69) is 25.7 Å². The van der Waals surface area contributed by atoms with Crippen LogP contribution in [0, 0.1) is 0 Å². The Morgan fingerprint density at radius 1 is 0.846 bits per heavy atom. The molecule has 0 saturated heterocycles. The zero-order chi connectivity index (χ0) is 9.78. The van der Waals surface area contributed by atoms with E-state index in [1.54, 1.807) is 0 Å². The van der Waals surface area contributed by atoms with Crippen molar-refractivity contribution in [2.75, 3.05) is 0 Å². The van der Waals surface area contributed by atoms with E-state index in [0.29, 0.717) is 0 Å². The predicted octanol–water partition coefficient (Wildman–Crippen LogP) is 4.87. The molecular weight excluding hydrogens is 156 g/mol. The van der Waals surface area contributed by atoms with Gasteiger partial charge in [-0.25, -0.2) is 0 Å². The largest absolute Gasteiger partial charge is 0.103 e. The monoisotopic (exact) mass is 180 g/mol. The fourth-order valence-corrected chi connectivity index (χ4v) is 1.32. The Kier molecular flexibility index (Phi) is 11.0. The van der Waals surface area contributed by atoms with Gasteiger partial charge in [0.05, 0.1) is 0 Å². The number of allylic oxidation sites excluding steroid dienone is 3. The van der Waals surface area contributed by atoms with Crippen LogP contribution in [0.25, 0.3) is 0 Å². The van der Waals surface area contributed by atoms with E-state index in [4.69, 9.17) is 0 Å². The average Bonchev–Trinajstić information content (AvgIpc) is 2.16. The highest BCUT2D eigenvalue weighted by Gasteiger charge is 1.85. The summed E-state index contributed by atoms with van der Waals surface area (Å²) < 4.78 is 0. The Labute approximate surface area is 83.7 Å². The maximum atomic E-state index is 3.69. The molecule has 0 aliphatic rings. The summed E-state index contributed by atoms with van der Waals surface area (Å²) in [4.78, 5) is 0. The van der Waals surface area contributed by atoms with E-state index in [1.165, 1.54) is 44.9 Å². The van der Waals surface area contributed by atoms with Crippen molar-refractivity contribution in [3.63, 3.8) is 0 Å². The van der Waals surface area contributed by atoms with Crippen LogP contribution in [0.3, 0.4) is 0 Å². The van der Waals surface area contributed by atoms with Crippen molar-refractivity contribution in [2.24, 2.45) is 0 Å². The van der Waals surface area contributed by atoms with Crippen LogP contribution in [0.1, 0.15) is 58.3 Å². The first kappa shape index (κ1) is 12.5. The first-order valence-corrected chi connectivity index (χ1v) is 5.67. The summed E-state index contributed by atoms with van der Waals surface area (Å²) >= 11 is 0. The first-order chi connectivity index (χ1) is 6.41. The minimum Gasteiger partial charge on any atom is -0.103 e. The van der Waals surface area contributed by atoms with Crippen LogP contribution in [0.15, 0.2) is 24.8 Å². The van der Waals surface area contributed by atoms with Crippen molar-refractivity contribution < 1.29 is 0 Å². The van der Waals surface area contributed by atoms with E-state index in [0.717, 1.165) is 6.42 Å². The molecule has 0 spiro atoms. The third-order valence-corrected chi connectivity index (χ3v) is 2.18. The second-order valence-electron chi connectivity index (χ2n) is 3.54. The molecule has 76 valence electrons. The van der Waals surface area contributed by atoms with Gasteiger partial charge in [0, 0.05) is 0 Å². The summed E-state index contributed by atoms with van der Waals surface area (Å²) in [5.41, 5.74) is 0. The van der Waals surface area contributed by atoms with E-state index in [9.17, 15) is 0 Å². The molecule has 0 radical (unpaired) electrons. The van der Waals surface area contributed by atoms with Crippen LogP contribution in [-0.2, 0) is 0 Å². The number of hydrogen-bond acceptors (Lipinski definition) is 0. The van der Waals surface area contributed by atoms with Crippen LogP contribution in [-0.4, -0.2) is 0 Å². The van der Waals surface area contributed by atoms with Gasteiger partial charge in [-0.15, -0.1) is 6.58 Å². The summed E-state index contributed by atoms with van der Waals surface area (Å²) in [5, 5.41) is 0. The molecule has 0 aliphatic carbocycles. The molecule has 0 aromatic carbocycles. The van der Waals surface area contributed by atoms with Gasteiger partial charge in [-0.1, -0.05) is 50.8 Å². The summed E-state index contributed by atoms with van der Waals surface area (Å²) in [6.45, 7) is 5.95. The summed E-state index contributed by atoms with van der Waals surface area (Å²) in [5.74, 6) is 0. The van der Waals surface area contributed by atoms with Gasteiger partial charge in [-0.05, 0) is 25.7 Å². The normalized spacial score (nSPS) is 10.8. The van der Waals surface area contributed by atoms with Gasteiger partial charge in [0.2, 0.25) is 0 Å². The summed E-state index contributed by atoms with van der Waals surface area (Å²) in [7, 11) is 0. The molecule has 0 aromatic rings. The molecule has 0 fully saturated rings. The van der Waals surface area contributed by atoms with Crippen molar-refractivity contribution in [1.82, 2.24) is 0 Å². The van der Waals surface area contributed by atoms with Gasteiger partial charge >= 0.3 is 0 Å². The molecule has 0 atom stereocenters. The number of rotatable bonds is 9. The molecular formula is C13H24. The van der Waals surface area contributed by atoms with Crippen molar-refractivity contribution in [2.45, 2.75) is 58.3 Å². The molecule has 0 unspecified atom stereocenters. The van der Waals surface area contributed by atoms with Gasteiger partial charge in [0.25, 0.3) is 0 Å². The number of unbranched alkanes of at least 4 members (excludes halogenated alkanes) is 6. The smallest absolute Gasteiger partial charge is 0.0316 e. The van der Waals surface area contributed by atoms with Crippen LogP contribution >= 0.6 is 0 Å². The van der Waals surface area contributed by atoms with E-state index < -0.39 is 0 Å².